The minimum atomic E-state index is -4.18. The molecule has 2 rings (SSSR count). The number of nitrogens with zero attached hydrogens (tertiary/aromatic N) is 2. The number of rotatable bonds is 6. The lowest BCUT2D eigenvalue weighted by atomic mass is 10.2. The van der Waals surface area contributed by atoms with Gasteiger partial charge in [0.1, 0.15) is 0 Å². The van der Waals surface area contributed by atoms with Gasteiger partial charge in [-0.15, -0.1) is 0 Å². The van der Waals surface area contributed by atoms with Crippen LogP contribution in [0.1, 0.15) is 5.69 Å². The van der Waals surface area contributed by atoms with Crippen molar-refractivity contribution < 1.29 is 27.0 Å². The second kappa shape index (κ2) is 6.56. The van der Waals surface area contributed by atoms with Crippen molar-refractivity contribution in [3.05, 3.63) is 23.8 Å². The quantitative estimate of drug-likeness (QED) is 0.844. The van der Waals surface area contributed by atoms with Gasteiger partial charge in [0.2, 0.25) is 11.7 Å². The van der Waals surface area contributed by atoms with E-state index in [-0.39, 0.29) is 22.9 Å². The van der Waals surface area contributed by atoms with E-state index in [1.807, 2.05) is 0 Å². The van der Waals surface area contributed by atoms with Crippen molar-refractivity contribution in [2.24, 2.45) is 7.05 Å². The van der Waals surface area contributed by atoms with Gasteiger partial charge in [-0.2, -0.15) is 9.49 Å². The van der Waals surface area contributed by atoms with E-state index in [0.717, 1.165) is 4.68 Å². The van der Waals surface area contributed by atoms with Crippen LogP contribution in [0, 0.1) is 12.9 Å². The van der Waals surface area contributed by atoms with Gasteiger partial charge in [-0.3, -0.25) is 4.72 Å². The molecule has 24 heavy (non-hydrogen) atoms. The van der Waals surface area contributed by atoms with Crippen molar-refractivity contribution in [1.29, 1.82) is 0 Å². The summed E-state index contributed by atoms with van der Waals surface area (Å²) in [5.74, 6) is -0.116. The van der Waals surface area contributed by atoms with Gasteiger partial charge in [0.15, 0.2) is 16.4 Å². The number of hydrogen-bond acceptors (Lipinski definition) is 6. The van der Waals surface area contributed by atoms with Crippen molar-refractivity contribution in [3.63, 3.8) is 0 Å². The summed E-state index contributed by atoms with van der Waals surface area (Å²) < 4.78 is 57.7. The molecule has 0 aliphatic heterocycles. The molecular formula is C14H18FN3O5S. The molecule has 0 bridgehead atoms. The molecule has 0 fully saturated rings. The average molecular weight is 359 g/mol. The average Bonchev–Trinajstić information content (AvgIpc) is 2.78. The molecule has 0 saturated heterocycles. The first-order chi connectivity index (χ1) is 11.2. The van der Waals surface area contributed by atoms with Crippen LogP contribution < -0.4 is 18.9 Å². The zero-order valence-electron chi connectivity index (χ0n) is 13.9. The van der Waals surface area contributed by atoms with Gasteiger partial charge in [-0.05, 0) is 6.92 Å². The first kappa shape index (κ1) is 17.9. The highest BCUT2D eigenvalue weighted by molar-refractivity contribution is 7.92. The summed E-state index contributed by atoms with van der Waals surface area (Å²) in [6.45, 7) is 1.41. The van der Waals surface area contributed by atoms with Crippen molar-refractivity contribution >= 4 is 15.7 Å². The number of aromatic nitrogens is 2. The molecule has 1 N–H and O–H groups in total. The molecule has 1 aromatic heterocycles. The largest absolute Gasteiger partial charge is 0.493 e. The number of hydrogen-bond donors (Lipinski definition) is 1. The second-order valence-corrected chi connectivity index (χ2v) is 6.47. The number of aryl methyl sites for hydroxylation is 2. The third-order valence-electron chi connectivity index (χ3n) is 3.29. The predicted octanol–water partition coefficient (Wildman–Crippen LogP) is 1.69. The number of benzene rings is 1. The molecule has 0 unspecified atom stereocenters. The van der Waals surface area contributed by atoms with Crippen LogP contribution in [0.15, 0.2) is 17.0 Å². The van der Waals surface area contributed by atoms with Crippen LogP contribution in [0.3, 0.4) is 0 Å². The van der Waals surface area contributed by atoms with E-state index >= 15 is 0 Å². The maximum atomic E-state index is 14.0. The highest BCUT2D eigenvalue weighted by Crippen LogP contribution is 2.40. The first-order valence-electron chi connectivity index (χ1n) is 6.77. The van der Waals surface area contributed by atoms with E-state index in [4.69, 9.17) is 14.2 Å². The number of ether oxygens (including phenoxy) is 3. The standard InChI is InChI=1S/C14H18FN3O5S/c1-8-13(14(15)18(2)16-8)24(19,20)17-9-6-10(21-3)12(23-5)11(7-9)22-4/h6-7,17H,1-5H3. The van der Waals surface area contributed by atoms with E-state index in [0.29, 0.717) is 5.75 Å². The molecular weight excluding hydrogens is 341 g/mol. The second-order valence-electron chi connectivity index (χ2n) is 4.85. The Bertz CT molecular complexity index is 839. The minimum absolute atomic E-state index is 0.0509. The topological polar surface area (TPSA) is 91.7 Å². The lowest BCUT2D eigenvalue weighted by Crippen LogP contribution is -2.15. The molecule has 10 heteroatoms. The first-order valence-corrected chi connectivity index (χ1v) is 8.25. The Morgan fingerprint density at radius 2 is 1.67 bits per heavy atom. The van der Waals surface area contributed by atoms with Crippen molar-refractivity contribution in [1.82, 2.24) is 9.78 Å². The molecule has 0 amide bonds. The van der Waals surface area contributed by atoms with Crippen molar-refractivity contribution in [2.75, 3.05) is 26.1 Å². The highest BCUT2D eigenvalue weighted by Gasteiger charge is 2.27. The number of anilines is 1. The number of nitrogens with one attached hydrogen (secondary N) is 1. The monoisotopic (exact) mass is 359 g/mol. The Morgan fingerprint density at radius 3 is 2.04 bits per heavy atom. The SMILES string of the molecule is COc1cc(NS(=O)(=O)c2c(C)nn(C)c2F)cc(OC)c1OC. The van der Waals surface area contributed by atoms with Crippen molar-refractivity contribution in [2.45, 2.75) is 11.8 Å². The van der Waals surface area contributed by atoms with Crippen LogP contribution in [-0.4, -0.2) is 39.5 Å². The third kappa shape index (κ3) is 3.09. The Kier molecular flexibility index (Phi) is 4.88. The molecule has 0 radical (unpaired) electrons. The molecule has 0 atom stereocenters. The molecule has 0 aliphatic rings. The summed E-state index contributed by atoms with van der Waals surface area (Å²) in [6.07, 6.45) is 0. The van der Waals surface area contributed by atoms with Crippen LogP contribution >= 0.6 is 0 Å². The summed E-state index contributed by atoms with van der Waals surface area (Å²) in [5, 5.41) is 3.77. The van der Waals surface area contributed by atoms with Gasteiger partial charge in [0.05, 0.1) is 32.7 Å². The molecule has 0 saturated carbocycles. The molecule has 0 aliphatic carbocycles. The van der Waals surface area contributed by atoms with Crippen LogP contribution in [0.25, 0.3) is 0 Å². The van der Waals surface area contributed by atoms with Crippen LogP contribution in [0.5, 0.6) is 17.2 Å². The number of methoxy groups -OCH3 is 3. The molecule has 0 spiro atoms. The Hall–Kier alpha value is -2.49. The fraction of sp³-hybridized carbons (Fsp3) is 0.357. The van der Waals surface area contributed by atoms with Crippen molar-refractivity contribution in [3.8, 4) is 17.2 Å². The van der Waals surface area contributed by atoms with E-state index in [2.05, 4.69) is 9.82 Å². The molecule has 1 heterocycles. The smallest absolute Gasteiger partial charge is 0.268 e. The summed E-state index contributed by atoms with van der Waals surface area (Å²) in [4.78, 5) is -0.515. The zero-order valence-corrected chi connectivity index (χ0v) is 14.7. The van der Waals surface area contributed by atoms with Crippen LogP contribution in [-0.2, 0) is 17.1 Å². The molecule has 8 nitrogen and oxygen atoms in total. The van der Waals surface area contributed by atoms with Crippen LogP contribution in [0.2, 0.25) is 0 Å². The Balaban J connectivity index is 2.50. The summed E-state index contributed by atoms with van der Waals surface area (Å²) in [5.41, 5.74) is 0.182. The van der Waals surface area contributed by atoms with E-state index in [1.54, 1.807) is 0 Å². The van der Waals surface area contributed by atoms with Gasteiger partial charge in [0.25, 0.3) is 10.0 Å². The maximum absolute atomic E-state index is 14.0. The van der Waals surface area contributed by atoms with E-state index in [1.165, 1.54) is 47.4 Å². The Morgan fingerprint density at radius 1 is 1.12 bits per heavy atom. The normalized spacial score (nSPS) is 11.2. The van der Waals surface area contributed by atoms with Crippen LogP contribution in [0.4, 0.5) is 10.1 Å². The van der Waals surface area contributed by atoms with Gasteiger partial charge in [-0.25, -0.2) is 13.1 Å². The molecule has 132 valence electrons. The van der Waals surface area contributed by atoms with Gasteiger partial charge < -0.3 is 14.2 Å². The predicted molar refractivity (Wildman–Crippen MR) is 84.8 cm³/mol. The third-order valence-corrected chi connectivity index (χ3v) is 4.79. The van der Waals surface area contributed by atoms with E-state index < -0.39 is 20.9 Å². The zero-order chi connectivity index (χ0) is 18.1. The number of sulfonamides is 1. The summed E-state index contributed by atoms with van der Waals surface area (Å²) in [6, 6.07) is 2.81. The van der Waals surface area contributed by atoms with Gasteiger partial charge in [-0.1, -0.05) is 0 Å². The lowest BCUT2D eigenvalue weighted by molar-refractivity contribution is 0.324. The number of halogens is 1. The van der Waals surface area contributed by atoms with Gasteiger partial charge in [0, 0.05) is 19.2 Å². The minimum Gasteiger partial charge on any atom is -0.493 e. The Labute approximate surface area is 139 Å². The molecule has 2 aromatic rings. The molecule has 1 aromatic carbocycles. The fourth-order valence-electron chi connectivity index (χ4n) is 2.26. The summed E-state index contributed by atoms with van der Waals surface area (Å²) in [7, 11) is 1.37. The lowest BCUT2D eigenvalue weighted by Gasteiger charge is -2.15. The van der Waals surface area contributed by atoms with Gasteiger partial charge >= 0.3 is 0 Å². The fourth-order valence-corrected chi connectivity index (χ4v) is 3.58. The van der Waals surface area contributed by atoms with E-state index in [9.17, 15) is 12.8 Å². The maximum Gasteiger partial charge on any atom is 0.268 e. The highest BCUT2D eigenvalue weighted by atomic mass is 32.2. The summed E-state index contributed by atoms with van der Waals surface area (Å²) >= 11 is 0.